The Kier molecular flexibility index (Phi) is 7.49. The lowest BCUT2D eigenvalue weighted by Crippen LogP contribution is -2.28. The van der Waals surface area contributed by atoms with Crippen molar-refractivity contribution in [3.63, 3.8) is 0 Å². The maximum atomic E-state index is 9.70. The molecule has 0 fully saturated rings. The second-order valence-electron chi connectivity index (χ2n) is 7.29. The van der Waals surface area contributed by atoms with E-state index in [0.29, 0.717) is 18.1 Å². The Morgan fingerprint density at radius 1 is 0.719 bits per heavy atom. The number of thioether (sulfide) groups is 1. The van der Waals surface area contributed by atoms with Crippen LogP contribution in [0.1, 0.15) is 11.1 Å². The molecule has 4 aromatic carbocycles. The molecule has 32 heavy (non-hydrogen) atoms. The van der Waals surface area contributed by atoms with Crippen LogP contribution in [0.2, 0.25) is 5.02 Å². The van der Waals surface area contributed by atoms with Gasteiger partial charge in [-0.15, -0.1) is 0 Å². The molecule has 5 heteroatoms. The molecule has 0 radical (unpaired) electrons. The minimum Gasteiger partial charge on any atom is -0.508 e. The Hall–Kier alpha value is -3.21. The van der Waals surface area contributed by atoms with E-state index in [4.69, 9.17) is 16.6 Å². The van der Waals surface area contributed by atoms with Crippen LogP contribution in [0.5, 0.6) is 5.75 Å². The molecule has 3 nitrogen and oxygen atoms in total. The third-order valence-corrected chi connectivity index (χ3v) is 6.09. The molecule has 0 amide bonds. The van der Waals surface area contributed by atoms with Gasteiger partial charge in [-0.3, -0.25) is 0 Å². The number of benzene rings is 4. The lowest BCUT2D eigenvalue weighted by Gasteiger charge is -2.26. The van der Waals surface area contributed by atoms with Gasteiger partial charge in [-0.2, -0.15) is 0 Å². The van der Waals surface area contributed by atoms with Crippen LogP contribution < -0.4 is 0 Å². The molecule has 0 unspecified atom stereocenters. The molecule has 0 heterocycles. The minimum atomic E-state index is 0.261. The number of phenolic OH excluding ortho intramolecular Hbond substituents is 1. The summed E-state index contributed by atoms with van der Waals surface area (Å²) in [6, 6.07) is 35.5. The van der Waals surface area contributed by atoms with Crippen molar-refractivity contribution >= 4 is 34.2 Å². The molecule has 1 N–H and O–H groups in total. The highest BCUT2D eigenvalue weighted by Gasteiger charge is 2.15. The van der Waals surface area contributed by atoms with Gasteiger partial charge in [0.1, 0.15) is 5.75 Å². The number of halogens is 1. The average molecular weight is 459 g/mol. The summed E-state index contributed by atoms with van der Waals surface area (Å²) in [5.41, 5.74) is 3.14. The van der Waals surface area contributed by atoms with Crippen molar-refractivity contribution < 1.29 is 5.11 Å². The molecule has 0 aliphatic rings. The SMILES string of the molecule is Oc1ccc(CN(Cc2ccccc2)C(=Nc2ccc(Cl)cc2)Sc2ccccc2)cc1. The fourth-order valence-corrected chi connectivity index (χ4v) is 4.23. The summed E-state index contributed by atoms with van der Waals surface area (Å²) in [4.78, 5) is 8.38. The van der Waals surface area contributed by atoms with Crippen LogP contribution in [-0.2, 0) is 13.1 Å². The second kappa shape index (κ2) is 10.9. The molecule has 0 aromatic heterocycles. The highest BCUT2D eigenvalue weighted by molar-refractivity contribution is 8.13. The third-order valence-electron chi connectivity index (χ3n) is 4.80. The number of aromatic hydroxyl groups is 1. The van der Waals surface area contributed by atoms with Gasteiger partial charge in [-0.05, 0) is 59.7 Å². The van der Waals surface area contributed by atoms with Crippen LogP contribution in [0.15, 0.2) is 119 Å². The fourth-order valence-electron chi connectivity index (χ4n) is 3.19. The Morgan fingerprint density at radius 2 is 1.28 bits per heavy atom. The first kappa shape index (κ1) is 22.0. The zero-order valence-electron chi connectivity index (χ0n) is 17.4. The van der Waals surface area contributed by atoms with Crippen LogP contribution in [0, 0.1) is 0 Å². The average Bonchev–Trinajstić information content (AvgIpc) is 2.82. The Balaban J connectivity index is 1.72. The Morgan fingerprint density at radius 3 is 1.91 bits per heavy atom. The normalized spacial score (nSPS) is 11.3. The molecule has 0 atom stereocenters. The molecule has 0 saturated carbocycles. The van der Waals surface area contributed by atoms with Gasteiger partial charge in [0.2, 0.25) is 0 Å². The lowest BCUT2D eigenvalue weighted by atomic mass is 10.2. The molecule has 0 saturated heterocycles. The minimum absolute atomic E-state index is 0.261. The van der Waals surface area contributed by atoms with Gasteiger partial charge < -0.3 is 10.0 Å². The summed E-state index contributed by atoms with van der Waals surface area (Å²) in [6.45, 7) is 1.36. The molecule has 0 bridgehead atoms. The van der Waals surface area contributed by atoms with E-state index in [-0.39, 0.29) is 5.75 Å². The highest BCUT2D eigenvalue weighted by atomic mass is 35.5. The first-order valence-electron chi connectivity index (χ1n) is 10.3. The number of aliphatic imine (C=N–C) groups is 1. The Bertz CT molecular complexity index is 1150. The number of phenols is 1. The third kappa shape index (κ3) is 6.39. The van der Waals surface area contributed by atoms with Crippen molar-refractivity contribution in [3.05, 3.63) is 125 Å². The smallest absolute Gasteiger partial charge is 0.169 e. The standard InChI is InChI=1S/C27H23ClN2OS/c28-23-13-15-24(16-14-23)29-27(32-26-9-5-2-6-10-26)30(19-21-7-3-1-4-8-21)20-22-11-17-25(31)18-12-22/h1-18,31H,19-20H2. The van der Waals surface area contributed by atoms with Gasteiger partial charge in [0.15, 0.2) is 5.17 Å². The van der Waals surface area contributed by atoms with E-state index < -0.39 is 0 Å². The summed E-state index contributed by atoms with van der Waals surface area (Å²) in [5.74, 6) is 0.261. The topological polar surface area (TPSA) is 35.8 Å². The highest BCUT2D eigenvalue weighted by Crippen LogP contribution is 2.28. The molecule has 0 aliphatic carbocycles. The molecule has 0 aliphatic heterocycles. The summed E-state index contributed by atoms with van der Waals surface area (Å²) in [7, 11) is 0. The zero-order chi connectivity index (χ0) is 22.2. The van der Waals surface area contributed by atoms with Crippen molar-refractivity contribution in [2.45, 2.75) is 18.0 Å². The predicted octanol–water partition coefficient (Wildman–Crippen LogP) is 7.53. The van der Waals surface area contributed by atoms with Crippen molar-refractivity contribution in [1.29, 1.82) is 0 Å². The molecule has 4 aromatic rings. The fraction of sp³-hybridized carbons (Fsp3) is 0.0741. The number of hydrogen-bond donors (Lipinski definition) is 1. The lowest BCUT2D eigenvalue weighted by molar-refractivity contribution is 0.414. The number of rotatable bonds is 6. The number of nitrogens with zero attached hydrogens (tertiary/aromatic N) is 2. The number of hydrogen-bond acceptors (Lipinski definition) is 3. The largest absolute Gasteiger partial charge is 0.508 e. The van der Waals surface area contributed by atoms with Crippen molar-refractivity contribution in [2.75, 3.05) is 0 Å². The van der Waals surface area contributed by atoms with Crippen molar-refractivity contribution in [2.24, 2.45) is 4.99 Å². The summed E-state index contributed by atoms with van der Waals surface area (Å²) in [6.07, 6.45) is 0. The van der Waals surface area contributed by atoms with Gasteiger partial charge in [0.25, 0.3) is 0 Å². The first-order valence-corrected chi connectivity index (χ1v) is 11.5. The maximum absolute atomic E-state index is 9.70. The van der Waals surface area contributed by atoms with Crippen molar-refractivity contribution in [3.8, 4) is 5.75 Å². The van der Waals surface area contributed by atoms with Gasteiger partial charge in [-0.25, -0.2) is 4.99 Å². The Labute approximate surface area is 198 Å². The second-order valence-corrected chi connectivity index (χ2v) is 8.77. The van der Waals surface area contributed by atoms with E-state index in [1.54, 1.807) is 23.9 Å². The van der Waals surface area contributed by atoms with E-state index in [2.05, 4.69) is 41.3 Å². The van der Waals surface area contributed by atoms with Crippen LogP contribution in [0.25, 0.3) is 0 Å². The van der Waals surface area contributed by atoms with E-state index in [9.17, 15) is 5.11 Å². The summed E-state index contributed by atoms with van der Waals surface area (Å²) in [5, 5.41) is 11.3. The molecule has 160 valence electrons. The number of amidine groups is 1. The molecule has 4 rings (SSSR count). The quantitative estimate of drug-likeness (QED) is 0.184. The monoisotopic (exact) mass is 458 g/mol. The molecule has 0 spiro atoms. The molecular weight excluding hydrogens is 436 g/mol. The van der Waals surface area contributed by atoms with Gasteiger partial charge in [0.05, 0.1) is 5.69 Å². The van der Waals surface area contributed by atoms with Gasteiger partial charge in [0, 0.05) is 23.0 Å². The maximum Gasteiger partial charge on any atom is 0.169 e. The van der Waals surface area contributed by atoms with E-state index in [0.717, 1.165) is 21.3 Å². The summed E-state index contributed by atoms with van der Waals surface area (Å²) >= 11 is 7.71. The van der Waals surface area contributed by atoms with Crippen LogP contribution in [0.4, 0.5) is 5.69 Å². The first-order chi connectivity index (χ1) is 15.7. The van der Waals surface area contributed by atoms with Gasteiger partial charge in [-0.1, -0.05) is 84.0 Å². The van der Waals surface area contributed by atoms with Crippen molar-refractivity contribution in [1.82, 2.24) is 4.90 Å². The van der Waals surface area contributed by atoms with Gasteiger partial charge >= 0.3 is 0 Å². The van der Waals surface area contributed by atoms with E-state index >= 15 is 0 Å². The summed E-state index contributed by atoms with van der Waals surface area (Å²) < 4.78 is 0. The van der Waals surface area contributed by atoms with Crippen LogP contribution >= 0.6 is 23.4 Å². The zero-order valence-corrected chi connectivity index (χ0v) is 19.0. The van der Waals surface area contributed by atoms with E-state index in [1.807, 2.05) is 60.7 Å². The predicted molar refractivity (Wildman–Crippen MR) is 135 cm³/mol. The molecular formula is C27H23ClN2OS. The van der Waals surface area contributed by atoms with E-state index in [1.165, 1.54) is 5.56 Å². The van der Waals surface area contributed by atoms with Crippen LogP contribution in [-0.4, -0.2) is 15.2 Å². The van der Waals surface area contributed by atoms with Crippen LogP contribution in [0.3, 0.4) is 0 Å².